The zero-order valence-corrected chi connectivity index (χ0v) is 10.4. The van der Waals surface area contributed by atoms with Crippen molar-refractivity contribution in [2.24, 2.45) is 16.9 Å². The molecule has 0 radical (unpaired) electrons. The van der Waals surface area contributed by atoms with Crippen molar-refractivity contribution in [2.45, 2.75) is 19.9 Å². The first-order valence-electron chi connectivity index (χ1n) is 4.79. The van der Waals surface area contributed by atoms with E-state index < -0.39 is 0 Å². The van der Waals surface area contributed by atoms with Crippen molar-refractivity contribution in [3.8, 4) is 0 Å². The van der Waals surface area contributed by atoms with E-state index in [1.54, 1.807) is 12.1 Å². The third-order valence-corrected chi connectivity index (χ3v) is 3.23. The molecule has 0 saturated heterocycles. The fraction of sp³-hybridized carbons (Fsp3) is 0.455. The highest BCUT2D eigenvalue weighted by Gasteiger charge is 2.27. The van der Waals surface area contributed by atoms with E-state index in [0.717, 1.165) is 5.56 Å². The Labute approximate surface area is 101 Å². The van der Waals surface area contributed by atoms with Crippen LogP contribution in [0, 0.1) is 5.41 Å². The topological polar surface area (TPSA) is 52.0 Å². The van der Waals surface area contributed by atoms with Crippen molar-refractivity contribution >= 4 is 23.2 Å². The average molecular weight is 247 g/mol. The molecular formula is C11H16Cl2N2. The van der Waals surface area contributed by atoms with Gasteiger partial charge in [0.1, 0.15) is 0 Å². The first-order chi connectivity index (χ1) is 6.88. The van der Waals surface area contributed by atoms with Crippen LogP contribution in [0.25, 0.3) is 0 Å². The first-order valence-corrected chi connectivity index (χ1v) is 5.54. The Hall–Kier alpha value is -0.280. The lowest BCUT2D eigenvalue weighted by Gasteiger charge is -2.31. The number of rotatable bonds is 3. The second kappa shape index (κ2) is 4.71. The van der Waals surface area contributed by atoms with Crippen molar-refractivity contribution < 1.29 is 0 Å². The minimum atomic E-state index is -0.188. The number of hydrogen-bond acceptors (Lipinski definition) is 2. The normalized spacial score (nSPS) is 14.0. The van der Waals surface area contributed by atoms with Gasteiger partial charge in [-0.25, -0.2) is 0 Å². The van der Waals surface area contributed by atoms with E-state index in [1.165, 1.54) is 0 Å². The number of benzene rings is 1. The van der Waals surface area contributed by atoms with Crippen LogP contribution in [-0.4, -0.2) is 6.54 Å². The summed E-state index contributed by atoms with van der Waals surface area (Å²) in [5.74, 6) is 0. The third-order valence-electron chi connectivity index (χ3n) is 2.67. The van der Waals surface area contributed by atoms with Crippen molar-refractivity contribution in [1.29, 1.82) is 0 Å². The van der Waals surface area contributed by atoms with Gasteiger partial charge in [0, 0.05) is 16.1 Å². The second-order valence-corrected chi connectivity index (χ2v) is 5.18. The molecule has 2 nitrogen and oxygen atoms in total. The van der Waals surface area contributed by atoms with Crippen LogP contribution >= 0.6 is 23.2 Å². The molecule has 1 rings (SSSR count). The summed E-state index contributed by atoms with van der Waals surface area (Å²) in [4.78, 5) is 0. The summed E-state index contributed by atoms with van der Waals surface area (Å²) in [7, 11) is 0. The summed E-state index contributed by atoms with van der Waals surface area (Å²) < 4.78 is 0. The zero-order chi connectivity index (χ0) is 11.6. The van der Waals surface area contributed by atoms with E-state index in [9.17, 15) is 0 Å². The molecular weight excluding hydrogens is 231 g/mol. The monoisotopic (exact) mass is 246 g/mol. The van der Waals surface area contributed by atoms with Crippen LogP contribution in [0.4, 0.5) is 0 Å². The Morgan fingerprint density at radius 2 is 1.93 bits per heavy atom. The van der Waals surface area contributed by atoms with E-state index in [2.05, 4.69) is 0 Å². The van der Waals surface area contributed by atoms with Gasteiger partial charge in [0.2, 0.25) is 0 Å². The average Bonchev–Trinajstić information content (AvgIpc) is 2.17. The molecule has 0 saturated carbocycles. The molecule has 0 amide bonds. The highest BCUT2D eigenvalue weighted by molar-refractivity contribution is 6.35. The smallest absolute Gasteiger partial charge is 0.0468 e. The molecule has 1 aromatic carbocycles. The van der Waals surface area contributed by atoms with E-state index in [1.807, 2.05) is 19.9 Å². The number of nitrogens with two attached hydrogens (primary N) is 2. The molecule has 84 valence electrons. The molecule has 1 atom stereocenters. The van der Waals surface area contributed by atoms with Crippen molar-refractivity contribution in [1.82, 2.24) is 0 Å². The van der Waals surface area contributed by atoms with Gasteiger partial charge >= 0.3 is 0 Å². The molecule has 1 aromatic rings. The largest absolute Gasteiger partial charge is 0.330 e. The van der Waals surface area contributed by atoms with E-state index in [0.29, 0.717) is 16.6 Å². The molecule has 0 heterocycles. The molecule has 4 N–H and O–H groups in total. The fourth-order valence-electron chi connectivity index (χ4n) is 1.30. The quantitative estimate of drug-likeness (QED) is 0.862. The van der Waals surface area contributed by atoms with Gasteiger partial charge in [-0.15, -0.1) is 0 Å². The molecule has 0 aromatic heterocycles. The van der Waals surface area contributed by atoms with Crippen LogP contribution in [0.15, 0.2) is 18.2 Å². The lowest BCUT2D eigenvalue weighted by Crippen LogP contribution is -2.36. The summed E-state index contributed by atoms with van der Waals surface area (Å²) >= 11 is 11.9. The standard InChI is InChI=1S/C11H16Cl2N2/c1-11(2,6-14)10(15)8-4-3-7(12)5-9(8)13/h3-5,10H,6,14-15H2,1-2H3. The van der Waals surface area contributed by atoms with Gasteiger partial charge in [0.15, 0.2) is 0 Å². The first kappa shape index (κ1) is 12.8. The molecule has 0 fully saturated rings. The van der Waals surface area contributed by atoms with Crippen LogP contribution in [0.3, 0.4) is 0 Å². The van der Waals surface area contributed by atoms with Gasteiger partial charge in [0.05, 0.1) is 0 Å². The number of hydrogen-bond donors (Lipinski definition) is 2. The number of halogens is 2. The minimum absolute atomic E-state index is 0.183. The predicted octanol–water partition coefficient (Wildman–Crippen LogP) is 2.98. The van der Waals surface area contributed by atoms with Crippen LogP contribution in [0.1, 0.15) is 25.5 Å². The van der Waals surface area contributed by atoms with E-state index in [-0.39, 0.29) is 11.5 Å². The zero-order valence-electron chi connectivity index (χ0n) is 8.93. The summed E-state index contributed by atoms with van der Waals surface area (Å²) in [6.07, 6.45) is 0. The third kappa shape index (κ3) is 2.85. The highest BCUT2D eigenvalue weighted by Crippen LogP contribution is 2.34. The van der Waals surface area contributed by atoms with Crippen molar-refractivity contribution in [3.63, 3.8) is 0 Å². The Morgan fingerprint density at radius 3 is 2.40 bits per heavy atom. The summed E-state index contributed by atoms with van der Waals surface area (Å²) in [5.41, 5.74) is 12.5. The maximum atomic E-state index is 6.13. The van der Waals surface area contributed by atoms with Gasteiger partial charge in [-0.05, 0) is 29.7 Å². The molecule has 0 spiro atoms. The van der Waals surface area contributed by atoms with Crippen molar-refractivity contribution in [2.75, 3.05) is 6.54 Å². The maximum Gasteiger partial charge on any atom is 0.0468 e. The minimum Gasteiger partial charge on any atom is -0.330 e. The van der Waals surface area contributed by atoms with Gasteiger partial charge in [0.25, 0.3) is 0 Å². The summed E-state index contributed by atoms with van der Waals surface area (Å²) in [6, 6.07) is 5.15. The Morgan fingerprint density at radius 1 is 1.33 bits per heavy atom. The van der Waals surface area contributed by atoms with Crippen LogP contribution < -0.4 is 11.5 Å². The molecule has 0 aliphatic heterocycles. The van der Waals surface area contributed by atoms with Crippen LogP contribution in [-0.2, 0) is 0 Å². The summed E-state index contributed by atoms with van der Waals surface area (Å²) in [6.45, 7) is 4.54. The molecule has 0 aliphatic carbocycles. The van der Waals surface area contributed by atoms with Gasteiger partial charge in [-0.2, -0.15) is 0 Å². The van der Waals surface area contributed by atoms with Crippen LogP contribution in [0.2, 0.25) is 10.0 Å². The lowest BCUT2D eigenvalue weighted by atomic mass is 9.81. The van der Waals surface area contributed by atoms with Crippen molar-refractivity contribution in [3.05, 3.63) is 33.8 Å². The fourth-order valence-corrected chi connectivity index (χ4v) is 1.83. The second-order valence-electron chi connectivity index (χ2n) is 4.34. The van der Waals surface area contributed by atoms with E-state index in [4.69, 9.17) is 34.7 Å². The molecule has 1 unspecified atom stereocenters. The Balaban J connectivity index is 3.06. The molecule has 4 heteroatoms. The van der Waals surface area contributed by atoms with Crippen LogP contribution in [0.5, 0.6) is 0 Å². The lowest BCUT2D eigenvalue weighted by molar-refractivity contribution is 0.301. The molecule has 15 heavy (non-hydrogen) atoms. The van der Waals surface area contributed by atoms with E-state index >= 15 is 0 Å². The van der Waals surface area contributed by atoms with Gasteiger partial charge in [-0.3, -0.25) is 0 Å². The molecule has 0 bridgehead atoms. The van der Waals surface area contributed by atoms with Gasteiger partial charge < -0.3 is 11.5 Å². The molecule has 0 aliphatic rings. The van der Waals surface area contributed by atoms with Gasteiger partial charge in [-0.1, -0.05) is 43.1 Å². The Bertz CT molecular complexity index is 350. The highest BCUT2D eigenvalue weighted by atomic mass is 35.5. The summed E-state index contributed by atoms with van der Waals surface area (Å²) in [5, 5.41) is 1.21. The SMILES string of the molecule is CC(C)(CN)C(N)c1ccc(Cl)cc1Cl. The maximum absolute atomic E-state index is 6.13. The predicted molar refractivity (Wildman–Crippen MR) is 66.2 cm³/mol. The Kier molecular flexibility index (Phi) is 4.01.